The molecule has 2 heterocycles. The molecule has 0 radical (unpaired) electrons. The van der Waals surface area contributed by atoms with E-state index in [0.29, 0.717) is 28.8 Å². The number of carbonyl (C=O) groups excluding carboxylic acids is 1. The zero-order chi connectivity index (χ0) is 20.5. The highest BCUT2D eigenvalue weighted by Crippen LogP contribution is 2.10. The van der Waals surface area contributed by atoms with Gasteiger partial charge in [-0.2, -0.15) is 0 Å². The monoisotopic (exact) mass is 397 g/mol. The van der Waals surface area contributed by atoms with Gasteiger partial charge in [-0.05, 0) is 42.7 Å². The van der Waals surface area contributed by atoms with Crippen LogP contribution in [-0.4, -0.2) is 25.9 Å². The van der Waals surface area contributed by atoms with Crippen molar-refractivity contribution in [2.45, 2.75) is 19.4 Å². The maximum atomic E-state index is 12.8. The van der Waals surface area contributed by atoms with Crippen molar-refractivity contribution in [2.75, 3.05) is 0 Å². The van der Waals surface area contributed by atoms with Gasteiger partial charge in [0.15, 0.2) is 5.52 Å². The van der Waals surface area contributed by atoms with Crippen molar-refractivity contribution < 1.29 is 4.79 Å². The van der Waals surface area contributed by atoms with Gasteiger partial charge in [-0.3, -0.25) is 14.7 Å². The van der Waals surface area contributed by atoms with Gasteiger partial charge in [0.05, 0.1) is 16.6 Å². The van der Waals surface area contributed by atoms with Gasteiger partial charge in [0.1, 0.15) is 0 Å². The number of fused-ring (bicyclic) bond motifs is 3. The number of H-pyrrole nitrogens is 1. The maximum absolute atomic E-state index is 12.8. The fraction of sp³-hybridized carbons (Fsp3) is 0.130. The molecule has 1 amide bonds. The molecule has 2 N–H and O–H groups in total. The first-order valence-electron chi connectivity index (χ1n) is 9.81. The molecule has 0 unspecified atom stereocenters. The molecule has 1 aliphatic carbocycles. The summed E-state index contributed by atoms with van der Waals surface area (Å²) in [7, 11) is 0. The largest absolute Gasteiger partial charge is 0.348 e. The van der Waals surface area contributed by atoms with Gasteiger partial charge in [0.25, 0.3) is 11.5 Å². The molecule has 0 saturated carbocycles. The number of hydrogen-bond acceptors (Lipinski definition) is 4. The van der Waals surface area contributed by atoms with Crippen LogP contribution >= 0.6 is 0 Å². The lowest BCUT2D eigenvalue weighted by Gasteiger charge is -2.07. The molecule has 30 heavy (non-hydrogen) atoms. The lowest BCUT2D eigenvalue weighted by atomic mass is 10.1. The Morgan fingerprint density at radius 2 is 1.77 bits per heavy atom. The third kappa shape index (κ3) is 3.20. The average molecular weight is 397 g/mol. The first-order chi connectivity index (χ1) is 14.7. The van der Waals surface area contributed by atoms with Crippen molar-refractivity contribution in [2.24, 2.45) is 0 Å². The summed E-state index contributed by atoms with van der Waals surface area (Å²) in [6.45, 7) is 0.459. The lowest BCUT2D eigenvalue weighted by molar-refractivity contribution is 0.0951. The van der Waals surface area contributed by atoms with E-state index in [1.54, 1.807) is 24.3 Å². The summed E-state index contributed by atoms with van der Waals surface area (Å²) >= 11 is 0. The van der Waals surface area contributed by atoms with E-state index in [1.165, 1.54) is 4.68 Å². The summed E-state index contributed by atoms with van der Waals surface area (Å²) in [5.41, 5.74) is 2.92. The van der Waals surface area contributed by atoms with Crippen LogP contribution in [0.5, 0.6) is 0 Å². The maximum Gasteiger partial charge on any atom is 0.299 e. The fourth-order valence-electron chi connectivity index (χ4n) is 3.62. The molecule has 0 atom stereocenters. The summed E-state index contributed by atoms with van der Waals surface area (Å²) in [6.07, 6.45) is 5.94. The second-order valence-corrected chi connectivity index (χ2v) is 7.18. The molecule has 148 valence electrons. The zero-order valence-corrected chi connectivity index (χ0v) is 16.1. The molecule has 0 spiro atoms. The number of aromatic amines is 1. The number of benzene rings is 2. The van der Waals surface area contributed by atoms with Crippen LogP contribution in [0.25, 0.3) is 28.9 Å². The van der Waals surface area contributed by atoms with Gasteiger partial charge < -0.3 is 5.32 Å². The minimum absolute atomic E-state index is 0.167. The number of hydrogen-bond donors (Lipinski definition) is 2. The Labute approximate surface area is 171 Å². The van der Waals surface area contributed by atoms with Crippen LogP contribution in [0.2, 0.25) is 0 Å². The summed E-state index contributed by atoms with van der Waals surface area (Å²) in [4.78, 5) is 25.2. The van der Waals surface area contributed by atoms with Crippen molar-refractivity contribution in [3.8, 4) is 5.69 Å². The summed E-state index contributed by atoms with van der Waals surface area (Å²) in [5.74, 6) is -0.167. The van der Waals surface area contributed by atoms with E-state index in [1.807, 2.05) is 36.4 Å². The number of aromatic nitrogens is 4. The zero-order valence-electron chi connectivity index (χ0n) is 16.1. The summed E-state index contributed by atoms with van der Waals surface area (Å²) < 4.78 is 1.44. The Balaban J connectivity index is 1.43. The number of nitrogens with zero attached hydrogens (tertiary/aromatic N) is 3. The molecule has 2 aromatic heterocycles. The van der Waals surface area contributed by atoms with Gasteiger partial charge >= 0.3 is 0 Å². The van der Waals surface area contributed by atoms with E-state index in [-0.39, 0.29) is 11.5 Å². The van der Waals surface area contributed by atoms with Crippen LogP contribution in [0, 0.1) is 0 Å². The molecular weight excluding hydrogens is 378 g/mol. The van der Waals surface area contributed by atoms with Crippen LogP contribution in [0.1, 0.15) is 28.8 Å². The molecule has 0 bridgehead atoms. The molecule has 2 aromatic carbocycles. The topological polar surface area (TPSA) is 92.7 Å². The van der Waals surface area contributed by atoms with E-state index < -0.39 is 0 Å². The third-order valence-electron chi connectivity index (χ3n) is 5.21. The molecular formula is C23H19N5O2. The highest BCUT2D eigenvalue weighted by Gasteiger charge is 2.13. The smallest absolute Gasteiger partial charge is 0.299 e. The lowest BCUT2D eigenvalue weighted by Crippen LogP contribution is -2.32. The third-order valence-corrected chi connectivity index (χ3v) is 5.21. The van der Waals surface area contributed by atoms with Crippen LogP contribution in [0.15, 0.2) is 59.4 Å². The Kier molecular flexibility index (Phi) is 4.48. The van der Waals surface area contributed by atoms with Crippen molar-refractivity contribution in [3.63, 3.8) is 0 Å². The van der Waals surface area contributed by atoms with E-state index in [0.717, 1.165) is 29.0 Å². The van der Waals surface area contributed by atoms with Crippen LogP contribution in [0.4, 0.5) is 0 Å². The molecule has 0 fully saturated rings. The second kappa shape index (κ2) is 7.44. The Morgan fingerprint density at radius 3 is 2.57 bits per heavy atom. The minimum Gasteiger partial charge on any atom is -0.348 e. The van der Waals surface area contributed by atoms with Gasteiger partial charge in [-0.15, -0.1) is 10.2 Å². The molecule has 1 aliphatic rings. The Hall–Kier alpha value is -4.00. The van der Waals surface area contributed by atoms with Gasteiger partial charge in [-0.25, -0.2) is 4.68 Å². The Morgan fingerprint density at radius 1 is 1.00 bits per heavy atom. The molecule has 4 aromatic rings. The van der Waals surface area contributed by atoms with Crippen molar-refractivity contribution in [3.05, 3.63) is 86.6 Å². The average Bonchev–Trinajstić information content (AvgIpc) is 3.15. The number of carbonyl (C=O) groups is 1. The van der Waals surface area contributed by atoms with E-state index in [9.17, 15) is 9.59 Å². The van der Waals surface area contributed by atoms with Gasteiger partial charge in [0, 0.05) is 17.3 Å². The highest BCUT2D eigenvalue weighted by molar-refractivity contribution is 5.94. The molecule has 0 aliphatic heterocycles. The van der Waals surface area contributed by atoms with E-state index in [4.69, 9.17) is 0 Å². The second-order valence-electron chi connectivity index (χ2n) is 7.18. The SMILES string of the molecule is O=C(NCc1ccccc1)c1ccc(-n2[nH]c3c4c(nnc3c2=O)=CCCC=4)cc1. The summed E-state index contributed by atoms with van der Waals surface area (Å²) in [6, 6.07) is 16.6. The predicted octanol–water partition coefficient (Wildman–Crippen LogP) is 1.39. The first-order valence-corrected chi connectivity index (χ1v) is 9.81. The quantitative estimate of drug-likeness (QED) is 0.544. The highest BCUT2D eigenvalue weighted by atomic mass is 16.1. The van der Waals surface area contributed by atoms with Crippen LogP contribution in [0.3, 0.4) is 0 Å². The molecule has 7 nitrogen and oxygen atoms in total. The van der Waals surface area contributed by atoms with Gasteiger partial charge in [-0.1, -0.05) is 42.5 Å². The molecule has 0 saturated heterocycles. The van der Waals surface area contributed by atoms with E-state index in [2.05, 4.69) is 26.7 Å². The van der Waals surface area contributed by atoms with Gasteiger partial charge in [0.2, 0.25) is 0 Å². The normalized spacial score (nSPS) is 12.7. The number of nitrogens with one attached hydrogen (secondary N) is 2. The number of amides is 1. The van der Waals surface area contributed by atoms with Crippen molar-refractivity contribution >= 4 is 29.1 Å². The predicted molar refractivity (Wildman–Crippen MR) is 115 cm³/mol. The number of rotatable bonds is 4. The Bertz CT molecular complexity index is 1420. The standard InChI is InChI=1S/C23H19N5O2/c29-22(24-14-15-6-2-1-3-7-15)16-10-12-17(13-11-16)28-23(30)21-20(27-28)18-8-4-5-9-19(18)25-26-21/h1-3,6-13,27H,4-5,14H2,(H,24,29). The summed E-state index contributed by atoms with van der Waals surface area (Å²) in [5, 5.41) is 16.1. The van der Waals surface area contributed by atoms with Crippen LogP contribution < -0.4 is 21.4 Å². The van der Waals surface area contributed by atoms with E-state index >= 15 is 0 Å². The van der Waals surface area contributed by atoms with Crippen molar-refractivity contribution in [1.29, 1.82) is 0 Å². The fourth-order valence-corrected chi connectivity index (χ4v) is 3.62. The minimum atomic E-state index is -0.263. The van der Waals surface area contributed by atoms with Crippen molar-refractivity contribution in [1.82, 2.24) is 25.3 Å². The first kappa shape index (κ1) is 18.1. The van der Waals surface area contributed by atoms with Crippen LogP contribution in [-0.2, 0) is 6.54 Å². The molecule has 5 rings (SSSR count). The molecule has 7 heteroatoms.